The smallest absolute Gasteiger partial charge is 0.283 e. The molecule has 0 bridgehead atoms. The molecule has 0 radical (unpaired) electrons. The summed E-state index contributed by atoms with van der Waals surface area (Å²) in [6.45, 7) is 2.27. The molecule has 7 heteroatoms. The number of nitrogens with zero attached hydrogens (tertiary/aromatic N) is 2. The van der Waals surface area contributed by atoms with Crippen molar-refractivity contribution in [3.8, 4) is 5.75 Å². The number of hydrogen-bond donors (Lipinski definition) is 2. The first kappa shape index (κ1) is 24.4. The fraction of sp³-hybridized carbons (Fsp3) is 0.464. The van der Waals surface area contributed by atoms with Gasteiger partial charge < -0.3 is 19.2 Å². The zero-order valence-electron chi connectivity index (χ0n) is 20.5. The molecule has 186 valence electrons. The fourth-order valence-electron chi connectivity index (χ4n) is 5.38. The Morgan fingerprint density at radius 3 is 2.69 bits per heavy atom. The highest BCUT2D eigenvalue weighted by molar-refractivity contribution is 7.89. The van der Waals surface area contributed by atoms with Gasteiger partial charge in [-0.05, 0) is 54.5 Å². The largest absolute Gasteiger partial charge is 0.592 e. The maximum absolute atomic E-state index is 12.6. The number of imidazole rings is 1. The predicted molar refractivity (Wildman–Crippen MR) is 140 cm³/mol. The summed E-state index contributed by atoms with van der Waals surface area (Å²) in [6.07, 6.45) is 11.2. The topological polar surface area (TPSA) is 74.2 Å². The molecule has 2 heterocycles. The third-order valence-electron chi connectivity index (χ3n) is 7.35. The van der Waals surface area contributed by atoms with E-state index in [-0.39, 0.29) is 6.04 Å². The number of aromatic nitrogens is 2. The minimum absolute atomic E-state index is 0.274. The lowest BCUT2D eigenvalue weighted by Gasteiger charge is -2.36. The normalized spacial score (nSPS) is 21.3. The van der Waals surface area contributed by atoms with Crippen molar-refractivity contribution in [2.75, 3.05) is 13.2 Å². The molecule has 1 aromatic heterocycles. The van der Waals surface area contributed by atoms with Crippen molar-refractivity contribution in [1.29, 1.82) is 0 Å². The van der Waals surface area contributed by atoms with Crippen LogP contribution in [-0.4, -0.2) is 33.3 Å². The second-order valence-electron chi connectivity index (χ2n) is 9.97. The van der Waals surface area contributed by atoms with E-state index >= 15 is 0 Å². The number of hydrogen-bond acceptors (Lipinski definition) is 5. The Morgan fingerprint density at radius 1 is 1.09 bits per heavy atom. The number of fused-ring (bicyclic) bond motifs is 1. The summed E-state index contributed by atoms with van der Waals surface area (Å²) in [4.78, 5) is 4.20. The molecule has 3 unspecified atom stereocenters. The van der Waals surface area contributed by atoms with Gasteiger partial charge in [-0.1, -0.05) is 61.7 Å². The molecule has 2 aromatic carbocycles. The quantitative estimate of drug-likeness (QED) is 0.431. The lowest BCUT2D eigenvalue weighted by molar-refractivity contribution is 0.201. The van der Waals surface area contributed by atoms with Crippen LogP contribution >= 0.6 is 0 Å². The summed E-state index contributed by atoms with van der Waals surface area (Å²) in [5.41, 5.74) is 3.68. The van der Waals surface area contributed by atoms with Crippen LogP contribution in [0.1, 0.15) is 54.7 Å². The summed E-state index contributed by atoms with van der Waals surface area (Å²) >= 11 is -1.34. The van der Waals surface area contributed by atoms with Gasteiger partial charge in [-0.25, -0.2) is 0 Å². The van der Waals surface area contributed by atoms with Crippen molar-refractivity contribution in [1.82, 2.24) is 19.6 Å². The number of benzene rings is 2. The highest BCUT2D eigenvalue weighted by Gasteiger charge is 2.32. The molecule has 1 aliphatic carbocycles. The monoisotopic (exact) mass is 492 g/mol. The second kappa shape index (κ2) is 11.6. The maximum Gasteiger partial charge on any atom is 0.283 e. The molecule has 0 spiro atoms. The van der Waals surface area contributed by atoms with Crippen LogP contribution in [0.25, 0.3) is 0 Å². The Balaban J connectivity index is 1.32. The minimum atomic E-state index is -1.34. The van der Waals surface area contributed by atoms with Crippen LogP contribution in [0.15, 0.2) is 66.1 Å². The average Bonchev–Trinajstić information content (AvgIpc) is 3.34. The van der Waals surface area contributed by atoms with Crippen LogP contribution in [0.3, 0.4) is 0 Å². The van der Waals surface area contributed by atoms with Crippen molar-refractivity contribution in [2.24, 2.45) is 13.0 Å². The SMILES string of the molecule is Cn1cnc([S+]([O-])NCc2ccc3c(c2)C(Cc2ccccc2)C(NCC2CCCCC2)CO3)c1. The summed E-state index contributed by atoms with van der Waals surface area (Å²) in [5.74, 6) is 2.07. The lowest BCUT2D eigenvalue weighted by Crippen LogP contribution is -2.45. The van der Waals surface area contributed by atoms with Crippen LogP contribution < -0.4 is 14.8 Å². The van der Waals surface area contributed by atoms with Gasteiger partial charge in [0.2, 0.25) is 0 Å². The molecule has 3 atom stereocenters. The highest BCUT2D eigenvalue weighted by Crippen LogP contribution is 2.37. The molecule has 2 aliphatic rings. The van der Waals surface area contributed by atoms with Crippen molar-refractivity contribution in [2.45, 2.75) is 62.1 Å². The van der Waals surface area contributed by atoms with Crippen LogP contribution in [-0.2, 0) is 31.4 Å². The lowest BCUT2D eigenvalue weighted by atomic mass is 9.82. The maximum atomic E-state index is 12.6. The van der Waals surface area contributed by atoms with Crippen molar-refractivity contribution < 1.29 is 9.29 Å². The summed E-state index contributed by atoms with van der Waals surface area (Å²) in [7, 11) is 1.88. The Bertz CT molecular complexity index is 1080. The predicted octanol–water partition coefficient (Wildman–Crippen LogP) is 4.49. The van der Waals surface area contributed by atoms with Crippen molar-refractivity contribution >= 4 is 11.4 Å². The van der Waals surface area contributed by atoms with E-state index in [1.165, 1.54) is 43.2 Å². The van der Waals surface area contributed by atoms with Gasteiger partial charge in [0.15, 0.2) is 0 Å². The summed E-state index contributed by atoms with van der Waals surface area (Å²) in [6, 6.07) is 17.4. The zero-order valence-corrected chi connectivity index (χ0v) is 21.3. The van der Waals surface area contributed by atoms with E-state index in [4.69, 9.17) is 4.74 Å². The van der Waals surface area contributed by atoms with Gasteiger partial charge in [-0.2, -0.15) is 4.98 Å². The zero-order chi connectivity index (χ0) is 24.0. The minimum Gasteiger partial charge on any atom is -0.592 e. The van der Waals surface area contributed by atoms with E-state index in [1.807, 2.05) is 7.05 Å². The number of rotatable bonds is 9. The summed E-state index contributed by atoms with van der Waals surface area (Å²) < 4.78 is 23.8. The molecule has 1 aliphatic heterocycles. The Morgan fingerprint density at radius 2 is 1.91 bits per heavy atom. The third kappa shape index (κ3) is 6.28. The molecule has 0 amide bonds. The van der Waals surface area contributed by atoms with Gasteiger partial charge in [0.05, 0.1) is 19.1 Å². The molecule has 2 N–H and O–H groups in total. The molecule has 5 rings (SSSR count). The van der Waals surface area contributed by atoms with Crippen molar-refractivity contribution in [3.05, 3.63) is 77.7 Å². The van der Waals surface area contributed by atoms with Crippen LogP contribution in [0.2, 0.25) is 0 Å². The molecule has 35 heavy (non-hydrogen) atoms. The average molecular weight is 493 g/mol. The van der Waals surface area contributed by atoms with Gasteiger partial charge in [0.1, 0.15) is 23.7 Å². The number of ether oxygens (including phenoxy) is 1. The highest BCUT2D eigenvalue weighted by atomic mass is 32.2. The molecule has 3 aromatic rings. The first-order valence-electron chi connectivity index (χ1n) is 12.8. The Labute approximate surface area is 211 Å². The second-order valence-corrected chi connectivity index (χ2v) is 11.2. The van der Waals surface area contributed by atoms with E-state index in [9.17, 15) is 4.55 Å². The van der Waals surface area contributed by atoms with Crippen LogP contribution in [0.5, 0.6) is 5.75 Å². The van der Waals surface area contributed by atoms with E-state index in [1.54, 1.807) is 17.1 Å². The first-order chi connectivity index (χ1) is 17.2. The molecule has 0 saturated heterocycles. The van der Waals surface area contributed by atoms with E-state index in [2.05, 4.69) is 63.6 Å². The molecule has 1 fully saturated rings. The van der Waals surface area contributed by atoms with Crippen LogP contribution in [0.4, 0.5) is 0 Å². The van der Waals surface area contributed by atoms with Crippen LogP contribution in [0, 0.1) is 5.92 Å². The molecule has 1 saturated carbocycles. The molecular weight excluding hydrogens is 456 g/mol. The van der Waals surface area contributed by atoms with Gasteiger partial charge in [0, 0.05) is 19.0 Å². The number of aryl methyl sites for hydroxylation is 1. The van der Waals surface area contributed by atoms with Gasteiger partial charge in [0.25, 0.3) is 5.03 Å². The van der Waals surface area contributed by atoms with Crippen molar-refractivity contribution in [3.63, 3.8) is 0 Å². The summed E-state index contributed by atoms with van der Waals surface area (Å²) in [5, 5.41) is 4.44. The van der Waals surface area contributed by atoms with Gasteiger partial charge in [-0.3, -0.25) is 0 Å². The van der Waals surface area contributed by atoms with Gasteiger partial charge in [-0.15, -0.1) is 4.72 Å². The Kier molecular flexibility index (Phi) is 8.09. The molecule has 6 nitrogen and oxygen atoms in total. The first-order valence-corrected chi connectivity index (χ1v) is 14.0. The van der Waals surface area contributed by atoms with E-state index in [0.29, 0.717) is 24.1 Å². The Hall–Kier alpha value is -2.32. The fourth-order valence-corrected chi connectivity index (χ4v) is 6.23. The number of nitrogens with one attached hydrogen (secondary N) is 2. The van der Waals surface area contributed by atoms with E-state index < -0.39 is 11.4 Å². The van der Waals surface area contributed by atoms with Gasteiger partial charge >= 0.3 is 0 Å². The third-order valence-corrected chi connectivity index (χ3v) is 8.35. The molecular formula is C28H36N4O2S. The standard InChI is InChI=1S/C28H36N4O2S/c1-32-18-28(30-20-32)35(33)31-17-23-12-13-27-25(15-23)24(14-21-8-4-2-5-9-21)26(19-34-27)29-16-22-10-6-3-7-11-22/h2,4-5,8-9,12-13,15,18,20,22,24,26,29,31H,3,6-7,10-11,14,16-17,19H2,1H3. The van der Waals surface area contributed by atoms with E-state index in [0.717, 1.165) is 30.2 Å².